The monoisotopic (exact) mass is 304 g/mol. The van der Waals surface area contributed by atoms with Crippen molar-refractivity contribution in [2.45, 2.75) is 38.6 Å². The molecule has 0 aromatic carbocycles. The summed E-state index contributed by atoms with van der Waals surface area (Å²) in [6.45, 7) is 4.53. The molecule has 1 aliphatic heterocycles. The molecule has 2 unspecified atom stereocenters. The van der Waals surface area contributed by atoms with E-state index in [1.807, 2.05) is 0 Å². The molecule has 5 heteroatoms. The predicted molar refractivity (Wildman–Crippen MR) is 90.8 cm³/mol. The first-order valence-electron chi connectivity index (χ1n) is 7.82. The number of piperidine rings is 1. The van der Waals surface area contributed by atoms with Crippen LogP contribution in [0.5, 0.6) is 0 Å². The van der Waals surface area contributed by atoms with E-state index < -0.39 is 0 Å². The largest absolute Gasteiger partial charge is 0.389 e. The number of nitrogens with two attached hydrogens (primary N) is 1. The molecule has 3 rings (SSSR count). The van der Waals surface area contributed by atoms with E-state index in [-0.39, 0.29) is 0 Å². The van der Waals surface area contributed by atoms with Gasteiger partial charge in [-0.15, -0.1) is 0 Å². The Morgan fingerprint density at radius 1 is 1.48 bits per heavy atom. The summed E-state index contributed by atoms with van der Waals surface area (Å²) in [5, 5.41) is 3.63. The van der Waals surface area contributed by atoms with Crippen LogP contribution in [0.2, 0.25) is 0 Å². The topological polar surface area (TPSA) is 54.2 Å². The SMILES string of the molecule is CC1CN(C)CCC1Nc1nc2c(cc1C(N)=S)CCC2. The number of fused-ring (bicyclic) bond motifs is 1. The molecule has 1 aliphatic carbocycles. The highest BCUT2D eigenvalue weighted by Crippen LogP contribution is 2.27. The van der Waals surface area contributed by atoms with Crippen LogP contribution in [-0.4, -0.2) is 41.1 Å². The summed E-state index contributed by atoms with van der Waals surface area (Å²) in [4.78, 5) is 7.66. The van der Waals surface area contributed by atoms with Crippen LogP contribution >= 0.6 is 12.2 Å². The molecule has 114 valence electrons. The van der Waals surface area contributed by atoms with E-state index in [4.69, 9.17) is 22.9 Å². The Balaban J connectivity index is 1.86. The van der Waals surface area contributed by atoms with Crippen molar-refractivity contribution in [2.75, 3.05) is 25.5 Å². The summed E-state index contributed by atoms with van der Waals surface area (Å²) in [7, 11) is 2.18. The van der Waals surface area contributed by atoms with Gasteiger partial charge in [0.15, 0.2) is 0 Å². The molecule has 2 aliphatic rings. The van der Waals surface area contributed by atoms with Gasteiger partial charge in [-0.3, -0.25) is 0 Å². The predicted octanol–water partition coefficient (Wildman–Crippen LogP) is 1.96. The molecule has 2 heterocycles. The quantitative estimate of drug-likeness (QED) is 0.836. The Kier molecular flexibility index (Phi) is 4.13. The number of likely N-dealkylation sites (tertiary alicyclic amines) is 1. The van der Waals surface area contributed by atoms with Gasteiger partial charge in [-0.1, -0.05) is 19.1 Å². The molecule has 3 N–H and O–H groups in total. The van der Waals surface area contributed by atoms with Gasteiger partial charge in [0.1, 0.15) is 10.8 Å². The number of hydrogen-bond acceptors (Lipinski definition) is 4. The highest BCUT2D eigenvalue weighted by atomic mass is 32.1. The molecule has 1 aromatic heterocycles. The van der Waals surface area contributed by atoms with E-state index in [1.54, 1.807) is 0 Å². The summed E-state index contributed by atoms with van der Waals surface area (Å²) in [6.07, 6.45) is 4.49. The van der Waals surface area contributed by atoms with Gasteiger partial charge in [0.05, 0.1) is 5.56 Å². The highest BCUT2D eigenvalue weighted by molar-refractivity contribution is 7.80. The van der Waals surface area contributed by atoms with Gasteiger partial charge in [0.2, 0.25) is 0 Å². The summed E-state index contributed by atoms with van der Waals surface area (Å²) < 4.78 is 0. The number of aromatic nitrogens is 1. The average Bonchev–Trinajstić information content (AvgIpc) is 2.88. The first-order chi connectivity index (χ1) is 10.0. The van der Waals surface area contributed by atoms with E-state index in [0.29, 0.717) is 16.9 Å². The molecule has 1 aromatic rings. The van der Waals surface area contributed by atoms with Crippen molar-refractivity contribution >= 4 is 23.0 Å². The molecule has 0 radical (unpaired) electrons. The summed E-state index contributed by atoms with van der Waals surface area (Å²) in [6, 6.07) is 2.60. The Morgan fingerprint density at radius 3 is 3.00 bits per heavy atom. The lowest BCUT2D eigenvalue weighted by atomic mass is 9.94. The fourth-order valence-corrected chi connectivity index (χ4v) is 3.67. The number of nitrogens with one attached hydrogen (secondary N) is 1. The molecule has 1 saturated heterocycles. The van der Waals surface area contributed by atoms with Crippen LogP contribution in [0.1, 0.15) is 36.6 Å². The Labute approximate surface area is 132 Å². The Bertz CT molecular complexity index is 557. The van der Waals surface area contributed by atoms with Gasteiger partial charge >= 0.3 is 0 Å². The Hall–Kier alpha value is -1.20. The summed E-state index contributed by atoms with van der Waals surface area (Å²) in [5.41, 5.74) is 9.37. The molecular formula is C16H24N4S. The van der Waals surface area contributed by atoms with Crippen LogP contribution in [0, 0.1) is 5.92 Å². The van der Waals surface area contributed by atoms with Crippen LogP contribution in [0.4, 0.5) is 5.82 Å². The first-order valence-corrected chi connectivity index (χ1v) is 8.23. The number of hydrogen-bond donors (Lipinski definition) is 2. The zero-order valence-electron chi connectivity index (χ0n) is 12.9. The first kappa shape index (κ1) is 14.7. The summed E-state index contributed by atoms with van der Waals surface area (Å²) in [5.74, 6) is 1.49. The van der Waals surface area contributed by atoms with Gasteiger partial charge in [0.25, 0.3) is 0 Å². The average molecular weight is 304 g/mol. The van der Waals surface area contributed by atoms with Crippen molar-refractivity contribution in [3.8, 4) is 0 Å². The standard InChI is InChI=1S/C16H24N4S/c1-10-9-20(2)7-6-13(10)18-16-12(15(17)21)8-11-4-3-5-14(11)19-16/h8,10,13H,3-7,9H2,1-2H3,(H2,17,21)(H,18,19). The number of rotatable bonds is 3. The second kappa shape index (κ2) is 5.89. The minimum absolute atomic E-state index is 0.445. The van der Waals surface area contributed by atoms with Crippen molar-refractivity contribution < 1.29 is 0 Å². The maximum Gasteiger partial charge on any atom is 0.136 e. The van der Waals surface area contributed by atoms with Crippen molar-refractivity contribution in [3.05, 3.63) is 22.9 Å². The lowest BCUT2D eigenvalue weighted by molar-refractivity contribution is 0.206. The van der Waals surface area contributed by atoms with Crippen molar-refractivity contribution in [3.63, 3.8) is 0 Å². The van der Waals surface area contributed by atoms with E-state index >= 15 is 0 Å². The molecule has 21 heavy (non-hydrogen) atoms. The maximum atomic E-state index is 5.91. The lowest BCUT2D eigenvalue weighted by Crippen LogP contribution is -2.43. The molecular weight excluding hydrogens is 280 g/mol. The Morgan fingerprint density at radius 2 is 2.29 bits per heavy atom. The lowest BCUT2D eigenvalue weighted by Gasteiger charge is -2.35. The van der Waals surface area contributed by atoms with E-state index in [2.05, 4.69) is 30.3 Å². The zero-order chi connectivity index (χ0) is 15.0. The van der Waals surface area contributed by atoms with Gasteiger partial charge in [-0.05, 0) is 56.8 Å². The normalized spacial score (nSPS) is 25.6. The van der Waals surface area contributed by atoms with Crippen molar-refractivity contribution in [2.24, 2.45) is 11.7 Å². The second-order valence-corrected chi connectivity index (χ2v) is 6.93. The van der Waals surface area contributed by atoms with Crippen LogP contribution in [0.25, 0.3) is 0 Å². The molecule has 0 amide bonds. The van der Waals surface area contributed by atoms with E-state index in [1.165, 1.54) is 17.7 Å². The van der Waals surface area contributed by atoms with Gasteiger partial charge in [0, 0.05) is 18.3 Å². The number of pyridine rings is 1. The molecule has 4 nitrogen and oxygen atoms in total. The molecule has 0 spiro atoms. The van der Waals surface area contributed by atoms with Crippen LogP contribution in [0.3, 0.4) is 0 Å². The fourth-order valence-electron chi connectivity index (χ4n) is 3.51. The number of anilines is 1. The van der Waals surface area contributed by atoms with Crippen LogP contribution < -0.4 is 11.1 Å². The fraction of sp³-hybridized carbons (Fsp3) is 0.625. The van der Waals surface area contributed by atoms with Crippen LogP contribution in [0.15, 0.2) is 6.07 Å². The van der Waals surface area contributed by atoms with E-state index in [9.17, 15) is 0 Å². The van der Waals surface area contributed by atoms with Gasteiger partial charge in [-0.2, -0.15) is 0 Å². The highest BCUT2D eigenvalue weighted by Gasteiger charge is 2.26. The number of nitrogens with zero attached hydrogens (tertiary/aromatic N) is 2. The molecule has 1 fully saturated rings. The second-order valence-electron chi connectivity index (χ2n) is 6.49. The zero-order valence-corrected chi connectivity index (χ0v) is 13.7. The van der Waals surface area contributed by atoms with Crippen molar-refractivity contribution in [1.82, 2.24) is 9.88 Å². The molecule has 2 atom stereocenters. The smallest absolute Gasteiger partial charge is 0.136 e. The third kappa shape index (κ3) is 3.04. The van der Waals surface area contributed by atoms with Gasteiger partial charge in [-0.25, -0.2) is 4.98 Å². The van der Waals surface area contributed by atoms with E-state index in [0.717, 1.165) is 43.7 Å². The maximum absolute atomic E-state index is 5.91. The minimum atomic E-state index is 0.445. The van der Waals surface area contributed by atoms with Crippen LogP contribution in [-0.2, 0) is 12.8 Å². The molecule has 0 saturated carbocycles. The van der Waals surface area contributed by atoms with Crippen molar-refractivity contribution in [1.29, 1.82) is 0 Å². The number of thiocarbonyl (C=S) groups is 1. The minimum Gasteiger partial charge on any atom is -0.389 e. The third-order valence-electron chi connectivity index (χ3n) is 4.75. The number of aryl methyl sites for hydroxylation is 2. The van der Waals surface area contributed by atoms with Gasteiger partial charge < -0.3 is 16.0 Å². The molecule has 0 bridgehead atoms. The third-order valence-corrected chi connectivity index (χ3v) is 4.97. The summed E-state index contributed by atoms with van der Waals surface area (Å²) >= 11 is 5.23.